The lowest BCUT2D eigenvalue weighted by atomic mass is 10.2. The molecule has 0 saturated carbocycles. The van der Waals surface area contributed by atoms with Crippen molar-refractivity contribution >= 4 is 17.6 Å². The molecule has 1 atom stereocenters. The van der Waals surface area contributed by atoms with Crippen LogP contribution in [0.5, 0.6) is 5.75 Å². The molecule has 2 aromatic carbocycles. The van der Waals surface area contributed by atoms with Crippen LogP contribution in [-0.2, 0) is 16.1 Å². The van der Waals surface area contributed by atoms with Crippen molar-refractivity contribution in [3.05, 3.63) is 77.2 Å². The van der Waals surface area contributed by atoms with Gasteiger partial charge in [-0.3, -0.25) is 4.79 Å². The molecule has 0 spiro atoms. The Hall–Kier alpha value is -3.61. The summed E-state index contributed by atoms with van der Waals surface area (Å²) in [4.78, 5) is 26.4. The van der Waals surface area contributed by atoms with Crippen molar-refractivity contribution in [1.29, 1.82) is 0 Å². The Morgan fingerprint density at radius 2 is 1.73 bits per heavy atom. The van der Waals surface area contributed by atoms with Crippen LogP contribution in [0.2, 0.25) is 0 Å². The second-order valence-corrected chi connectivity index (χ2v) is 6.90. The Balaban J connectivity index is 1.57. The maximum Gasteiger partial charge on any atom is 0.338 e. The van der Waals surface area contributed by atoms with E-state index in [2.05, 4.69) is 5.16 Å². The van der Waals surface area contributed by atoms with Gasteiger partial charge in [0.25, 0.3) is 5.91 Å². The molecular weight excluding hydrogens is 384 g/mol. The summed E-state index contributed by atoms with van der Waals surface area (Å²) in [6.07, 6.45) is -0.918. The van der Waals surface area contributed by atoms with Gasteiger partial charge in [0.05, 0.1) is 16.8 Å². The maximum atomic E-state index is 12.5. The van der Waals surface area contributed by atoms with Gasteiger partial charge in [0, 0.05) is 12.7 Å². The number of rotatable bonds is 7. The van der Waals surface area contributed by atoms with Gasteiger partial charge in [0.1, 0.15) is 18.1 Å². The second-order valence-electron chi connectivity index (χ2n) is 6.90. The lowest BCUT2D eigenvalue weighted by Gasteiger charge is -2.21. The Bertz CT molecular complexity index is 992. The van der Waals surface area contributed by atoms with E-state index in [1.54, 1.807) is 38.2 Å². The van der Waals surface area contributed by atoms with Crippen LogP contribution in [0.4, 0.5) is 5.69 Å². The normalized spacial score (nSPS) is 11.6. The molecule has 1 amide bonds. The molecule has 0 fully saturated rings. The van der Waals surface area contributed by atoms with Crippen LogP contribution >= 0.6 is 0 Å². The van der Waals surface area contributed by atoms with Gasteiger partial charge in [-0.25, -0.2) is 4.79 Å². The number of anilines is 1. The van der Waals surface area contributed by atoms with Crippen molar-refractivity contribution in [3.63, 3.8) is 0 Å². The molecule has 0 N–H and O–H groups in total. The number of ether oxygens (including phenoxy) is 2. The van der Waals surface area contributed by atoms with Gasteiger partial charge in [-0.15, -0.1) is 0 Å². The molecule has 7 nitrogen and oxygen atoms in total. The average Bonchev–Trinajstić information content (AvgIpc) is 3.09. The van der Waals surface area contributed by atoms with Crippen molar-refractivity contribution in [2.45, 2.75) is 33.5 Å². The number of carbonyl (C=O) groups is 2. The first-order valence-electron chi connectivity index (χ1n) is 9.55. The number of para-hydroxylation sites is 1. The van der Waals surface area contributed by atoms with Crippen LogP contribution in [0.1, 0.15) is 34.3 Å². The highest BCUT2D eigenvalue weighted by Crippen LogP contribution is 2.19. The quantitative estimate of drug-likeness (QED) is 0.548. The molecule has 0 aliphatic rings. The van der Waals surface area contributed by atoms with Crippen molar-refractivity contribution in [1.82, 2.24) is 5.16 Å². The van der Waals surface area contributed by atoms with Crippen molar-refractivity contribution in [2.24, 2.45) is 0 Å². The van der Waals surface area contributed by atoms with Gasteiger partial charge in [-0.05, 0) is 57.2 Å². The van der Waals surface area contributed by atoms with E-state index in [1.807, 2.05) is 44.2 Å². The second kappa shape index (κ2) is 9.26. The van der Waals surface area contributed by atoms with Crippen molar-refractivity contribution in [3.8, 4) is 5.75 Å². The van der Waals surface area contributed by atoms with Crippen LogP contribution in [0.15, 0.2) is 59.1 Å². The first-order chi connectivity index (χ1) is 14.4. The number of carbonyl (C=O) groups excluding carboxylic acids is 2. The summed E-state index contributed by atoms with van der Waals surface area (Å²) >= 11 is 0. The number of aromatic nitrogens is 1. The monoisotopic (exact) mass is 408 g/mol. The van der Waals surface area contributed by atoms with Crippen molar-refractivity contribution in [2.75, 3.05) is 11.9 Å². The van der Waals surface area contributed by atoms with E-state index >= 15 is 0 Å². The number of nitrogens with zero attached hydrogens (tertiary/aromatic N) is 2. The number of aryl methyl sites for hydroxylation is 2. The van der Waals surface area contributed by atoms with Gasteiger partial charge in [0.15, 0.2) is 6.10 Å². The summed E-state index contributed by atoms with van der Waals surface area (Å²) in [5.74, 6) is 0.426. The minimum Gasteiger partial charge on any atom is -0.489 e. The summed E-state index contributed by atoms with van der Waals surface area (Å²) in [6.45, 7) is 5.56. The third-order valence-corrected chi connectivity index (χ3v) is 4.76. The number of likely N-dealkylation sites (N-methyl/N-ethyl adjacent to an activating group) is 1. The highest BCUT2D eigenvalue weighted by Gasteiger charge is 2.23. The molecule has 0 bridgehead atoms. The zero-order valence-electron chi connectivity index (χ0n) is 17.4. The molecule has 0 radical (unpaired) electrons. The molecule has 0 aliphatic carbocycles. The zero-order chi connectivity index (χ0) is 21.7. The van der Waals surface area contributed by atoms with Crippen LogP contribution in [0.25, 0.3) is 0 Å². The molecular formula is C23H24N2O5. The molecule has 0 aliphatic heterocycles. The van der Waals surface area contributed by atoms with Gasteiger partial charge in [0.2, 0.25) is 0 Å². The number of amides is 1. The molecule has 3 aromatic rings. The van der Waals surface area contributed by atoms with E-state index in [-0.39, 0.29) is 5.91 Å². The molecule has 0 unspecified atom stereocenters. The molecule has 7 heteroatoms. The zero-order valence-corrected chi connectivity index (χ0v) is 17.4. The molecule has 1 aromatic heterocycles. The summed E-state index contributed by atoms with van der Waals surface area (Å²) in [5, 5.41) is 3.89. The minimum atomic E-state index is -0.918. The van der Waals surface area contributed by atoms with E-state index in [9.17, 15) is 9.59 Å². The number of hydrogen-bond donors (Lipinski definition) is 0. The highest BCUT2D eigenvalue weighted by atomic mass is 16.5. The van der Waals surface area contributed by atoms with Crippen LogP contribution in [-0.4, -0.2) is 30.2 Å². The Labute approximate surface area is 175 Å². The summed E-state index contributed by atoms with van der Waals surface area (Å²) in [7, 11) is 1.65. The molecule has 0 saturated heterocycles. The number of benzene rings is 2. The molecule has 30 heavy (non-hydrogen) atoms. The maximum absolute atomic E-state index is 12.5. The fourth-order valence-corrected chi connectivity index (χ4v) is 2.88. The predicted octanol–water partition coefficient (Wildman–Crippen LogP) is 4.08. The highest BCUT2D eigenvalue weighted by molar-refractivity contribution is 5.98. The van der Waals surface area contributed by atoms with E-state index in [0.717, 1.165) is 16.9 Å². The lowest BCUT2D eigenvalue weighted by molar-refractivity contribution is -0.126. The summed E-state index contributed by atoms with van der Waals surface area (Å²) < 4.78 is 16.2. The first-order valence-corrected chi connectivity index (χ1v) is 9.55. The minimum absolute atomic E-state index is 0.311. The van der Waals surface area contributed by atoms with Gasteiger partial charge < -0.3 is 18.9 Å². The fourth-order valence-electron chi connectivity index (χ4n) is 2.88. The predicted molar refractivity (Wildman–Crippen MR) is 111 cm³/mol. The molecule has 156 valence electrons. The third-order valence-electron chi connectivity index (χ3n) is 4.76. The van der Waals surface area contributed by atoms with Gasteiger partial charge >= 0.3 is 5.97 Å². The largest absolute Gasteiger partial charge is 0.489 e. The topological polar surface area (TPSA) is 81.9 Å². The first kappa shape index (κ1) is 21.1. The van der Waals surface area contributed by atoms with E-state index in [0.29, 0.717) is 23.7 Å². The van der Waals surface area contributed by atoms with E-state index < -0.39 is 12.1 Å². The Morgan fingerprint density at radius 3 is 2.33 bits per heavy atom. The van der Waals surface area contributed by atoms with Gasteiger partial charge in [-0.1, -0.05) is 23.4 Å². The average molecular weight is 408 g/mol. The Morgan fingerprint density at radius 1 is 1.07 bits per heavy atom. The van der Waals surface area contributed by atoms with Crippen molar-refractivity contribution < 1.29 is 23.6 Å². The summed E-state index contributed by atoms with van der Waals surface area (Å²) in [6, 6.07) is 15.7. The number of esters is 1. The Kier molecular flexibility index (Phi) is 6.51. The van der Waals surface area contributed by atoms with Crippen LogP contribution in [0.3, 0.4) is 0 Å². The third kappa shape index (κ3) is 4.86. The SMILES string of the molecule is Cc1noc(C)c1COc1ccc(C(=O)O[C@H](C)C(=O)N(C)c2ccccc2)cc1. The lowest BCUT2D eigenvalue weighted by Crippen LogP contribution is -2.37. The van der Waals surface area contributed by atoms with Gasteiger partial charge in [-0.2, -0.15) is 0 Å². The van der Waals surface area contributed by atoms with Crippen LogP contribution in [0, 0.1) is 13.8 Å². The standard InChI is InChI=1S/C23H24N2O5/c1-15-21(16(2)30-24-15)14-28-20-12-10-18(11-13-20)23(27)29-17(3)22(26)25(4)19-8-6-5-7-9-19/h5-13,17H,14H2,1-4H3/t17-/m1/s1. The van der Waals surface area contributed by atoms with Crippen LogP contribution < -0.4 is 9.64 Å². The smallest absolute Gasteiger partial charge is 0.338 e. The van der Waals surface area contributed by atoms with E-state index in [1.165, 1.54) is 4.90 Å². The number of hydrogen-bond acceptors (Lipinski definition) is 6. The van der Waals surface area contributed by atoms with E-state index in [4.69, 9.17) is 14.0 Å². The molecule has 1 heterocycles. The molecule has 3 rings (SSSR count). The summed E-state index contributed by atoms with van der Waals surface area (Å²) in [5.41, 5.74) is 2.74. The fraction of sp³-hybridized carbons (Fsp3) is 0.261.